The van der Waals surface area contributed by atoms with Crippen molar-refractivity contribution in [2.75, 3.05) is 12.0 Å². The molecule has 0 bridgehead atoms. The second-order valence-corrected chi connectivity index (χ2v) is 7.28. The molecule has 3 aromatic carbocycles. The van der Waals surface area contributed by atoms with E-state index in [1.165, 1.54) is 29.2 Å². The van der Waals surface area contributed by atoms with E-state index in [-0.39, 0.29) is 16.9 Å². The van der Waals surface area contributed by atoms with Crippen LogP contribution in [-0.4, -0.2) is 23.9 Å². The summed E-state index contributed by atoms with van der Waals surface area (Å²) in [6.45, 7) is 1.92. The normalized spacial score (nSPS) is 17.8. The number of ketones is 1. The van der Waals surface area contributed by atoms with E-state index in [0.717, 1.165) is 5.56 Å². The van der Waals surface area contributed by atoms with E-state index in [4.69, 9.17) is 4.74 Å². The molecule has 3 aromatic rings. The van der Waals surface area contributed by atoms with Crippen molar-refractivity contribution in [2.24, 2.45) is 0 Å². The Morgan fingerprint density at radius 2 is 1.55 bits per heavy atom. The lowest BCUT2D eigenvalue weighted by Gasteiger charge is -2.25. The van der Waals surface area contributed by atoms with Crippen molar-refractivity contribution in [3.05, 3.63) is 101 Å². The number of aliphatic hydroxyl groups excluding tert-OH is 1. The van der Waals surface area contributed by atoms with Crippen LogP contribution < -0.4 is 9.64 Å². The molecule has 0 aromatic heterocycles. The van der Waals surface area contributed by atoms with Crippen LogP contribution in [0.5, 0.6) is 5.75 Å². The van der Waals surface area contributed by atoms with Crippen molar-refractivity contribution in [3.63, 3.8) is 0 Å². The third kappa shape index (κ3) is 3.68. The number of benzene rings is 3. The zero-order chi connectivity index (χ0) is 22.1. The molecule has 6 heteroatoms. The van der Waals surface area contributed by atoms with Gasteiger partial charge in [0.2, 0.25) is 0 Å². The van der Waals surface area contributed by atoms with E-state index in [1.807, 2.05) is 19.1 Å². The summed E-state index contributed by atoms with van der Waals surface area (Å²) >= 11 is 0. The number of amides is 1. The zero-order valence-electron chi connectivity index (χ0n) is 17.0. The van der Waals surface area contributed by atoms with Crippen LogP contribution in [0.4, 0.5) is 10.1 Å². The van der Waals surface area contributed by atoms with Crippen molar-refractivity contribution in [3.8, 4) is 5.75 Å². The van der Waals surface area contributed by atoms with Gasteiger partial charge in [-0.2, -0.15) is 0 Å². The third-order valence-electron chi connectivity index (χ3n) is 5.31. The van der Waals surface area contributed by atoms with E-state index in [0.29, 0.717) is 17.0 Å². The highest BCUT2D eigenvalue weighted by molar-refractivity contribution is 6.51. The summed E-state index contributed by atoms with van der Waals surface area (Å²) in [5, 5.41) is 11.0. The number of hydrogen-bond acceptors (Lipinski definition) is 4. The second kappa shape index (κ2) is 8.07. The van der Waals surface area contributed by atoms with Gasteiger partial charge in [-0.1, -0.05) is 29.8 Å². The molecule has 1 saturated heterocycles. The molecule has 0 saturated carbocycles. The van der Waals surface area contributed by atoms with Gasteiger partial charge in [-0.15, -0.1) is 0 Å². The number of hydrogen-bond donors (Lipinski definition) is 1. The van der Waals surface area contributed by atoms with Crippen molar-refractivity contribution in [1.82, 2.24) is 0 Å². The number of nitrogens with zero attached hydrogens (tertiary/aromatic N) is 1. The van der Waals surface area contributed by atoms with Gasteiger partial charge in [0.1, 0.15) is 17.3 Å². The van der Waals surface area contributed by atoms with Gasteiger partial charge in [-0.25, -0.2) is 4.39 Å². The van der Waals surface area contributed by atoms with Gasteiger partial charge in [-0.05, 0) is 61.0 Å². The predicted octanol–water partition coefficient (Wildman–Crippen LogP) is 4.77. The molecule has 1 N–H and O–H groups in total. The Hall–Kier alpha value is -3.93. The molecule has 156 valence electrons. The Labute approximate surface area is 179 Å². The Morgan fingerprint density at radius 1 is 0.935 bits per heavy atom. The fourth-order valence-electron chi connectivity index (χ4n) is 3.67. The van der Waals surface area contributed by atoms with Crippen LogP contribution in [0, 0.1) is 12.7 Å². The van der Waals surface area contributed by atoms with Crippen LogP contribution in [0.15, 0.2) is 78.4 Å². The number of aliphatic hydroxyl groups is 1. The maximum absolute atomic E-state index is 13.4. The Morgan fingerprint density at radius 3 is 2.13 bits per heavy atom. The SMILES string of the molecule is COc1ccc(C2/C(=C(\O)c3ccc(F)cc3)C(=O)C(=O)N2c2ccc(C)cc2)cc1. The molecule has 1 fully saturated rings. The smallest absolute Gasteiger partial charge is 0.300 e. The minimum Gasteiger partial charge on any atom is -0.507 e. The molecular weight excluding hydrogens is 397 g/mol. The molecule has 31 heavy (non-hydrogen) atoms. The Balaban J connectivity index is 1.92. The molecule has 1 amide bonds. The topological polar surface area (TPSA) is 66.8 Å². The molecular formula is C25H20FNO4. The van der Waals surface area contributed by atoms with Crippen LogP contribution in [-0.2, 0) is 9.59 Å². The van der Waals surface area contributed by atoms with Crippen LogP contribution in [0.25, 0.3) is 5.76 Å². The fraction of sp³-hybridized carbons (Fsp3) is 0.120. The molecule has 1 unspecified atom stereocenters. The van der Waals surface area contributed by atoms with E-state index in [1.54, 1.807) is 43.5 Å². The first-order chi connectivity index (χ1) is 14.9. The lowest BCUT2D eigenvalue weighted by molar-refractivity contribution is -0.132. The number of carbonyl (C=O) groups is 2. The van der Waals surface area contributed by atoms with Gasteiger partial charge in [0.05, 0.1) is 18.7 Å². The first-order valence-electron chi connectivity index (χ1n) is 9.68. The minimum atomic E-state index is -0.848. The lowest BCUT2D eigenvalue weighted by Crippen LogP contribution is -2.29. The highest BCUT2D eigenvalue weighted by Crippen LogP contribution is 2.42. The van der Waals surface area contributed by atoms with E-state index >= 15 is 0 Å². The standard InChI is InChI=1S/C25H20FNO4/c1-15-3-11-19(12-4-15)27-22(16-7-13-20(31-2)14-8-16)21(24(29)25(27)30)23(28)17-5-9-18(26)10-6-17/h3-14,22,28H,1-2H3/b23-21+. The number of methoxy groups -OCH3 is 1. The highest BCUT2D eigenvalue weighted by Gasteiger charge is 2.46. The quantitative estimate of drug-likeness (QED) is 0.377. The monoisotopic (exact) mass is 417 g/mol. The lowest BCUT2D eigenvalue weighted by atomic mass is 9.95. The van der Waals surface area contributed by atoms with E-state index in [9.17, 15) is 19.1 Å². The van der Waals surface area contributed by atoms with Crippen LogP contribution in [0.1, 0.15) is 22.7 Å². The summed E-state index contributed by atoms with van der Waals surface area (Å²) in [7, 11) is 1.54. The van der Waals surface area contributed by atoms with Gasteiger partial charge in [-0.3, -0.25) is 14.5 Å². The molecule has 0 radical (unpaired) electrons. The van der Waals surface area contributed by atoms with Gasteiger partial charge in [0.15, 0.2) is 0 Å². The molecule has 0 aliphatic carbocycles. The zero-order valence-corrected chi connectivity index (χ0v) is 17.0. The van der Waals surface area contributed by atoms with Crippen LogP contribution in [0.3, 0.4) is 0 Å². The second-order valence-electron chi connectivity index (χ2n) is 7.28. The summed E-state index contributed by atoms with van der Waals surface area (Å²) in [6.07, 6.45) is 0. The fourth-order valence-corrected chi connectivity index (χ4v) is 3.67. The average molecular weight is 417 g/mol. The first-order valence-corrected chi connectivity index (χ1v) is 9.68. The highest BCUT2D eigenvalue weighted by atomic mass is 19.1. The maximum Gasteiger partial charge on any atom is 0.300 e. The molecule has 0 spiro atoms. The number of halogens is 1. The summed E-state index contributed by atoms with van der Waals surface area (Å²) in [5.41, 5.74) is 2.37. The minimum absolute atomic E-state index is 0.0534. The first kappa shape index (κ1) is 20.3. The van der Waals surface area contributed by atoms with Gasteiger partial charge in [0, 0.05) is 11.3 Å². The van der Waals surface area contributed by atoms with Crippen LogP contribution >= 0.6 is 0 Å². The summed E-state index contributed by atoms with van der Waals surface area (Å²) in [5.74, 6) is -1.75. The van der Waals surface area contributed by atoms with Crippen molar-refractivity contribution in [2.45, 2.75) is 13.0 Å². The largest absolute Gasteiger partial charge is 0.507 e. The van der Waals surface area contributed by atoms with Crippen molar-refractivity contribution < 1.29 is 23.8 Å². The average Bonchev–Trinajstić information content (AvgIpc) is 3.05. The maximum atomic E-state index is 13.4. The molecule has 1 aliphatic heterocycles. The number of anilines is 1. The molecule has 1 heterocycles. The van der Waals surface area contributed by atoms with Crippen LogP contribution in [0.2, 0.25) is 0 Å². The third-order valence-corrected chi connectivity index (χ3v) is 5.31. The number of aryl methyl sites for hydroxylation is 1. The van der Waals surface area contributed by atoms with Crippen molar-refractivity contribution >= 4 is 23.1 Å². The number of Topliss-reactive ketones (excluding diaryl/α,β-unsaturated/α-hetero) is 1. The summed E-state index contributed by atoms with van der Waals surface area (Å²) in [4.78, 5) is 27.5. The molecule has 4 rings (SSSR count). The van der Waals surface area contributed by atoms with Gasteiger partial charge < -0.3 is 9.84 Å². The van der Waals surface area contributed by atoms with Gasteiger partial charge >= 0.3 is 0 Å². The number of ether oxygens (including phenoxy) is 1. The molecule has 1 atom stereocenters. The molecule has 1 aliphatic rings. The number of rotatable bonds is 4. The Kier molecular flexibility index (Phi) is 5.29. The molecule has 5 nitrogen and oxygen atoms in total. The van der Waals surface area contributed by atoms with Crippen molar-refractivity contribution in [1.29, 1.82) is 0 Å². The Bertz CT molecular complexity index is 1170. The van der Waals surface area contributed by atoms with E-state index in [2.05, 4.69) is 0 Å². The summed E-state index contributed by atoms with van der Waals surface area (Å²) < 4.78 is 18.6. The van der Waals surface area contributed by atoms with E-state index < -0.39 is 23.5 Å². The number of carbonyl (C=O) groups excluding carboxylic acids is 2. The van der Waals surface area contributed by atoms with Gasteiger partial charge in [0.25, 0.3) is 11.7 Å². The predicted molar refractivity (Wildman–Crippen MR) is 115 cm³/mol. The summed E-state index contributed by atoms with van der Waals surface area (Å²) in [6, 6.07) is 18.4.